The second kappa shape index (κ2) is 3.89. The van der Waals surface area contributed by atoms with E-state index in [1.165, 1.54) is 25.7 Å². The van der Waals surface area contributed by atoms with Gasteiger partial charge in [-0.1, -0.05) is 0 Å². The molecule has 2 fully saturated rings. The van der Waals surface area contributed by atoms with Gasteiger partial charge in [0.25, 0.3) is 0 Å². The maximum absolute atomic E-state index is 8.60. The topological polar surface area (TPSA) is 113 Å². The SMILES string of the molecule is N=C(C1CC1)C1CC1.[O-][Cl+3]([O-])([O-])O. The average molecular weight is 210 g/mol. The molecule has 0 unspecified atom stereocenters. The molecule has 6 heteroatoms. The molecule has 2 aliphatic rings. The molecule has 0 radical (unpaired) electrons. The molecule has 13 heavy (non-hydrogen) atoms. The van der Waals surface area contributed by atoms with Crippen LogP contribution in [0, 0.1) is 27.5 Å². The van der Waals surface area contributed by atoms with Crippen LogP contribution in [0.3, 0.4) is 0 Å². The number of hydrogen-bond acceptors (Lipinski definition) is 5. The van der Waals surface area contributed by atoms with Gasteiger partial charge in [0, 0.05) is 5.71 Å². The van der Waals surface area contributed by atoms with Crippen molar-refractivity contribution in [2.75, 3.05) is 0 Å². The molecule has 0 aromatic heterocycles. The molecule has 5 nitrogen and oxygen atoms in total. The van der Waals surface area contributed by atoms with Gasteiger partial charge in [0.1, 0.15) is 0 Å². The lowest BCUT2D eigenvalue weighted by Gasteiger charge is -2.03. The van der Waals surface area contributed by atoms with Crippen molar-refractivity contribution in [1.29, 1.82) is 5.41 Å². The Bertz CT molecular complexity index is 175. The minimum Gasteiger partial charge on any atom is -0.309 e. The van der Waals surface area contributed by atoms with Crippen LogP contribution in [0.4, 0.5) is 0 Å². The molecular formula is C7H12ClNO4. The summed E-state index contributed by atoms with van der Waals surface area (Å²) in [6.07, 6.45) is 5.26. The molecule has 2 saturated carbocycles. The van der Waals surface area contributed by atoms with E-state index in [-0.39, 0.29) is 0 Å². The molecule has 0 amide bonds. The van der Waals surface area contributed by atoms with Gasteiger partial charge in [-0.05, 0) is 37.5 Å². The maximum Gasteiger partial charge on any atom is 0.0777 e. The van der Waals surface area contributed by atoms with E-state index in [0.717, 1.165) is 17.5 Å². The molecule has 2 N–H and O–H groups in total. The maximum atomic E-state index is 8.60. The van der Waals surface area contributed by atoms with Gasteiger partial charge in [-0.3, -0.25) is 0 Å². The third-order valence-corrected chi connectivity index (χ3v) is 2.03. The lowest BCUT2D eigenvalue weighted by atomic mass is 10.2. The van der Waals surface area contributed by atoms with Gasteiger partial charge in [-0.15, -0.1) is 0 Å². The van der Waals surface area contributed by atoms with Gasteiger partial charge in [-0.2, -0.15) is 14.0 Å². The highest BCUT2D eigenvalue weighted by Gasteiger charge is 2.36. The summed E-state index contributed by atoms with van der Waals surface area (Å²) in [6.45, 7) is 0. The zero-order chi connectivity index (χ0) is 10.1. The van der Waals surface area contributed by atoms with Crippen molar-refractivity contribution in [1.82, 2.24) is 0 Å². The summed E-state index contributed by atoms with van der Waals surface area (Å²) < 4.78 is 32.7. The summed E-state index contributed by atoms with van der Waals surface area (Å²) in [5.74, 6) is 1.48. The number of rotatable bonds is 2. The summed E-state index contributed by atoms with van der Waals surface area (Å²) >= 11 is 0. The minimum absolute atomic E-state index is 0.738. The number of hydrogen-bond donors (Lipinski definition) is 2. The van der Waals surface area contributed by atoms with Crippen LogP contribution in [0.15, 0.2) is 0 Å². The van der Waals surface area contributed by atoms with Crippen LogP contribution in [0.25, 0.3) is 0 Å². The van der Waals surface area contributed by atoms with Gasteiger partial charge >= 0.3 is 0 Å². The smallest absolute Gasteiger partial charge is 0.0777 e. The van der Waals surface area contributed by atoms with Gasteiger partial charge in [-0.25, -0.2) is 0 Å². The second-order valence-electron chi connectivity index (χ2n) is 3.40. The molecule has 0 aliphatic heterocycles. The molecule has 0 bridgehead atoms. The lowest BCUT2D eigenvalue weighted by molar-refractivity contribution is -1.92. The quantitative estimate of drug-likeness (QED) is 0.498. The Kier molecular flexibility index (Phi) is 3.26. The van der Waals surface area contributed by atoms with Crippen molar-refractivity contribution >= 4 is 5.71 Å². The monoisotopic (exact) mass is 209 g/mol. The molecule has 2 aliphatic carbocycles. The Labute approximate surface area is 78.2 Å². The highest BCUT2D eigenvalue weighted by molar-refractivity contribution is 5.89. The molecule has 0 aromatic rings. The largest absolute Gasteiger partial charge is 0.309 e. The van der Waals surface area contributed by atoms with Gasteiger partial charge in [0.2, 0.25) is 0 Å². The summed E-state index contributed by atoms with van der Waals surface area (Å²) in [5.41, 5.74) is 1.07. The third kappa shape index (κ3) is 5.95. The predicted octanol–water partition coefficient (Wildman–Crippen LogP) is -2.30. The predicted molar refractivity (Wildman–Crippen MR) is 35.4 cm³/mol. The van der Waals surface area contributed by atoms with E-state index in [9.17, 15) is 0 Å². The van der Waals surface area contributed by atoms with E-state index in [1.54, 1.807) is 0 Å². The molecule has 0 aromatic carbocycles. The first-order chi connectivity index (χ1) is 5.88. The van der Waals surface area contributed by atoms with E-state index >= 15 is 0 Å². The normalized spacial score (nSPS) is 21.8. The third-order valence-electron chi connectivity index (χ3n) is 2.03. The highest BCUT2D eigenvalue weighted by Crippen LogP contribution is 2.41. The molecule has 0 spiro atoms. The fourth-order valence-electron chi connectivity index (χ4n) is 1.12. The van der Waals surface area contributed by atoms with Crippen molar-refractivity contribution in [2.45, 2.75) is 25.7 Å². The Morgan fingerprint density at radius 1 is 1.08 bits per heavy atom. The molecule has 76 valence electrons. The van der Waals surface area contributed by atoms with Crippen molar-refractivity contribution in [3.63, 3.8) is 0 Å². The zero-order valence-electron chi connectivity index (χ0n) is 7.03. The molecule has 0 heterocycles. The van der Waals surface area contributed by atoms with Crippen LogP contribution >= 0.6 is 0 Å². The first kappa shape index (κ1) is 10.9. The van der Waals surface area contributed by atoms with Crippen LogP contribution in [0.2, 0.25) is 0 Å². The van der Waals surface area contributed by atoms with Gasteiger partial charge < -0.3 is 5.41 Å². The van der Waals surface area contributed by atoms with Crippen molar-refractivity contribution in [3.05, 3.63) is 0 Å². The summed E-state index contributed by atoms with van der Waals surface area (Å²) in [4.78, 5) is 0. The molecular weight excluding hydrogens is 198 g/mol. The molecule has 2 rings (SSSR count). The molecule has 0 saturated heterocycles. The zero-order valence-corrected chi connectivity index (χ0v) is 7.79. The van der Waals surface area contributed by atoms with Crippen molar-refractivity contribution < 1.29 is 28.9 Å². The Morgan fingerprint density at radius 2 is 1.31 bits per heavy atom. The highest BCUT2D eigenvalue weighted by atomic mass is 35.7. The van der Waals surface area contributed by atoms with E-state index < -0.39 is 10.2 Å². The first-order valence-corrected chi connectivity index (χ1v) is 5.36. The van der Waals surface area contributed by atoms with E-state index in [2.05, 4.69) is 0 Å². The van der Waals surface area contributed by atoms with Crippen LogP contribution in [0.5, 0.6) is 0 Å². The van der Waals surface area contributed by atoms with Crippen LogP contribution in [0.1, 0.15) is 25.7 Å². The fourth-order valence-corrected chi connectivity index (χ4v) is 1.12. The molecule has 0 atom stereocenters. The minimum atomic E-state index is -4.69. The van der Waals surface area contributed by atoms with E-state index in [0.29, 0.717) is 0 Å². The fraction of sp³-hybridized carbons (Fsp3) is 0.857. The Balaban J connectivity index is 0.000000149. The number of halogens is 1. The lowest BCUT2D eigenvalue weighted by Crippen LogP contribution is -2.58. The van der Waals surface area contributed by atoms with Crippen LogP contribution in [-0.2, 0) is 0 Å². The van der Waals surface area contributed by atoms with Gasteiger partial charge in [0.05, 0.1) is 14.9 Å². The standard InChI is InChI=1S/C7H11N.ClHO4/c8-7(5-1-2-5)6-3-4-6;2-1(3,4)5/h5-6,8H,1-4H2;(H,2,3,4,5). The van der Waals surface area contributed by atoms with E-state index in [1.807, 2.05) is 0 Å². The van der Waals surface area contributed by atoms with Crippen LogP contribution < -0.4 is 14.0 Å². The Morgan fingerprint density at radius 3 is 1.46 bits per heavy atom. The average Bonchev–Trinajstić information content (AvgIpc) is 2.80. The van der Waals surface area contributed by atoms with Crippen molar-refractivity contribution in [3.8, 4) is 0 Å². The Hall–Kier alpha value is -0.200. The van der Waals surface area contributed by atoms with Crippen LogP contribution in [-0.4, -0.2) is 10.4 Å². The summed E-state index contributed by atoms with van der Waals surface area (Å²) in [6, 6.07) is 0. The summed E-state index contributed by atoms with van der Waals surface area (Å²) in [7, 11) is -4.69. The number of nitrogens with one attached hydrogen (secondary N) is 1. The first-order valence-electron chi connectivity index (χ1n) is 4.09. The van der Waals surface area contributed by atoms with Gasteiger partial charge in [0.15, 0.2) is 0 Å². The van der Waals surface area contributed by atoms with Crippen molar-refractivity contribution in [2.24, 2.45) is 11.8 Å². The summed E-state index contributed by atoms with van der Waals surface area (Å²) in [5, 5.41) is 7.52. The second-order valence-corrected chi connectivity index (χ2v) is 4.19. The van der Waals surface area contributed by atoms with E-state index in [4.69, 9.17) is 24.0 Å².